The van der Waals surface area contributed by atoms with Gasteiger partial charge in [-0.1, -0.05) is 159 Å². The number of rotatable bonds is 5. The average Bonchev–Trinajstić information content (AvgIpc) is 3.39. The lowest BCUT2D eigenvalue weighted by atomic mass is 9.82. The first kappa shape index (κ1) is 33.2. The average molecular weight is 730 g/mol. The molecule has 0 amide bonds. The summed E-state index contributed by atoms with van der Waals surface area (Å²) in [5.41, 5.74) is 17.5. The van der Waals surface area contributed by atoms with Gasteiger partial charge in [0.1, 0.15) is 11.5 Å². The highest BCUT2D eigenvalue weighted by Crippen LogP contribution is 2.55. The number of para-hydroxylation sites is 1. The van der Waals surface area contributed by atoms with Crippen molar-refractivity contribution in [2.45, 2.75) is 19.3 Å². The Balaban J connectivity index is 1.15. The molecule has 0 fully saturated rings. The molecule has 0 unspecified atom stereocenters. The second-order valence-corrected chi connectivity index (χ2v) is 15.7. The third-order valence-electron chi connectivity index (χ3n) is 12.1. The van der Waals surface area contributed by atoms with Crippen LogP contribution >= 0.6 is 0 Å². The molecule has 0 spiro atoms. The molecule has 2 nitrogen and oxygen atoms in total. The molecule has 270 valence electrons. The van der Waals surface area contributed by atoms with Gasteiger partial charge in [0.25, 0.3) is 0 Å². The summed E-state index contributed by atoms with van der Waals surface area (Å²) in [4.78, 5) is 2.43. The first-order chi connectivity index (χ1) is 28.0. The van der Waals surface area contributed by atoms with Crippen LogP contribution in [0.4, 0.5) is 17.1 Å². The Labute approximate surface area is 333 Å². The minimum atomic E-state index is -0.148. The molecule has 0 bridgehead atoms. The predicted molar refractivity (Wildman–Crippen MR) is 238 cm³/mol. The summed E-state index contributed by atoms with van der Waals surface area (Å²) >= 11 is 0. The second-order valence-electron chi connectivity index (χ2n) is 15.7. The summed E-state index contributed by atoms with van der Waals surface area (Å²) in [5, 5.41) is 2.46. The van der Waals surface area contributed by atoms with E-state index in [1.807, 2.05) is 0 Å². The van der Waals surface area contributed by atoms with E-state index in [-0.39, 0.29) is 5.41 Å². The van der Waals surface area contributed by atoms with Gasteiger partial charge < -0.3 is 9.64 Å². The van der Waals surface area contributed by atoms with Crippen molar-refractivity contribution in [1.82, 2.24) is 0 Å². The maximum Gasteiger partial charge on any atom is 0.137 e. The fraction of sp³-hybridized carbons (Fsp3) is 0.0545. The van der Waals surface area contributed by atoms with E-state index in [2.05, 4.69) is 219 Å². The highest BCUT2D eigenvalue weighted by Gasteiger charge is 2.36. The summed E-state index contributed by atoms with van der Waals surface area (Å²) < 4.78 is 6.95. The Morgan fingerprint density at radius 3 is 1.84 bits per heavy atom. The largest absolute Gasteiger partial charge is 0.456 e. The molecule has 2 heteroatoms. The van der Waals surface area contributed by atoms with Crippen molar-refractivity contribution in [3.8, 4) is 67.1 Å². The van der Waals surface area contributed by atoms with Gasteiger partial charge in [-0.2, -0.15) is 0 Å². The number of fused-ring (bicyclic) bond motifs is 9. The third-order valence-corrected chi connectivity index (χ3v) is 12.1. The molecule has 0 radical (unpaired) electrons. The lowest BCUT2D eigenvalue weighted by molar-refractivity contribution is 0.488. The highest BCUT2D eigenvalue weighted by atomic mass is 16.5. The molecule has 0 saturated carbocycles. The Hall–Kier alpha value is -7.16. The summed E-state index contributed by atoms with van der Waals surface area (Å²) in [7, 11) is 0. The molecule has 11 rings (SSSR count). The number of ether oxygens (including phenoxy) is 1. The summed E-state index contributed by atoms with van der Waals surface area (Å²) in [6, 6.07) is 72.7. The van der Waals surface area contributed by atoms with Gasteiger partial charge in [0.05, 0.1) is 5.69 Å². The standard InChI is InChI=1S/C55H39NO/c1-55(2)49-19-10-8-17-45(49)46-32-30-43(35-50(46)55)56(42-28-25-38(26-29-42)36-13-4-3-5-14-36)51-20-12-22-53-54(51)48-34-41(40-24-23-37-15-6-7-16-39(37)33-40)27-31-44(48)47-18-9-11-21-52(47)57-53/h3-35H,1-2H3. The van der Waals surface area contributed by atoms with Crippen LogP contribution in [0.2, 0.25) is 0 Å². The van der Waals surface area contributed by atoms with Crippen molar-refractivity contribution in [2.75, 3.05) is 4.90 Å². The van der Waals surface area contributed by atoms with Crippen LogP contribution in [0.3, 0.4) is 0 Å². The molecule has 1 aliphatic heterocycles. The predicted octanol–water partition coefficient (Wildman–Crippen LogP) is 15.4. The van der Waals surface area contributed by atoms with Gasteiger partial charge >= 0.3 is 0 Å². The minimum Gasteiger partial charge on any atom is -0.456 e. The molecular formula is C55H39NO. The monoisotopic (exact) mass is 729 g/mol. The van der Waals surface area contributed by atoms with E-state index in [1.54, 1.807) is 0 Å². The van der Waals surface area contributed by atoms with E-state index in [9.17, 15) is 0 Å². The Morgan fingerprint density at radius 2 is 0.982 bits per heavy atom. The number of hydrogen-bond acceptors (Lipinski definition) is 2. The molecule has 9 aromatic rings. The Bertz CT molecular complexity index is 3010. The lowest BCUT2D eigenvalue weighted by Gasteiger charge is -2.30. The topological polar surface area (TPSA) is 12.5 Å². The van der Waals surface area contributed by atoms with Crippen LogP contribution in [0.15, 0.2) is 200 Å². The van der Waals surface area contributed by atoms with Crippen LogP contribution in [-0.4, -0.2) is 0 Å². The molecule has 0 N–H and O–H groups in total. The van der Waals surface area contributed by atoms with E-state index in [0.717, 1.165) is 56.4 Å². The zero-order valence-corrected chi connectivity index (χ0v) is 31.9. The number of nitrogens with zero attached hydrogens (tertiary/aromatic N) is 1. The molecule has 0 atom stereocenters. The molecular weight excluding hydrogens is 691 g/mol. The number of hydrogen-bond donors (Lipinski definition) is 0. The van der Waals surface area contributed by atoms with Gasteiger partial charge in [0.2, 0.25) is 0 Å². The zero-order chi connectivity index (χ0) is 38.1. The van der Waals surface area contributed by atoms with Gasteiger partial charge in [-0.3, -0.25) is 0 Å². The molecule has 9 aromatic carbocycles. The Kier molecular flexibility index (Phi) is 7.55. The van der Waals surface area contributed by atoms with E-state index in [0.29, 0.717) is 0 Å². The van der Waals surface area contributed by atoms with Crippen molar-refractivity contribution >= 4 is 27.8 Å². The third kappa shape index (κ3) is 5.40. The molecule has 1 heterocycles. The van der Waals surface area contributed by atoms with Gasteiger partial charge in [0, 0.05) is 27.9 Å². The maximum absolute atomic E-state index is 6.95. The minimum absolute atomic E-state index is 0.148. The molecule has 0 saturated heterocycles. The van der Waals surface area contributed by atoms with Crippen LogP contribution in [-0.2, 0) is 5.41 Å². The van der Waals surface area contributed by atoms with Crippen molar-refractivity contribution in [2.24, 2.45) is 0 Å². The first-order valence-electron chi connectivity index (χ1n) is 19.8. The van der Waals surface area contributed by atoms with Crippen LogP contribution in [0.1, 0.15) is 25.0 Å². The van der Waals surface area contributed by atoms with Gasteiger partial charge in [-0.05, 0) is 121 Å². The lowest BCUT2D eigenvalue weighted by Crippen LogP contribution is -2.17. The van der Waals surface area contributed by atoms with Crippen molar-refractivity contribution in [3.63, 3.8) is 0 Å². The number of anilines is 3. The highest BCUT2D eigenvalue weighted by molar-refractivity contribution is 6.01. The van der Waals surface area contributed by atoms with Crippen molar-refractivity contribution in [3.05, 3.63) is 211 Å². The summed E-state index contributed by atoms with van der Waals surface area (Å²) in [6.45, 7) is 4.70. The van der Waals surface area contributed by atoms with Crippen LogP contribution < -0.4 is 9.64 Å². The Morgan fingerprint density at radius 1 is 0.368 bits per heavy atom. The molecule has 2 aliphatic rings. The van der Waals surface area contributed by atoms with Crippen LogP contribution in [0.25, 0.3) is 66.4 Å². The van der Waals surface area contributed by atoms with Crippen molar-refractivity contribution < 1.29 is 4.74 Å². The maximum atomic E-state index is 6.95. The molecule has 1 aliphatic carbocycles. The van der Waals surface area contributed by atoms with Gasteiger partial charge in [0.15, 0.2) is 0 Å². The van der Waals surface area contributed by atoms with E-state index >= 15 is 0 Å². The van der Waals surface area contributed by atoms with Crippen LogP contribution in [0, 0.1) is 0 Å². The zero-order valence-electron chi connectivity index (χ0n) is 31.9. The molecule has 57 heavy (non-hydrogen) atoms. The fourth-order valence-electron chi connectivity index (χ4n) is 9.18. The quantitative estimate of drug-likeness (QED) is 0.175. The first-order valence-corrected chi connectivity index (χ1v) is 19.8. The fourth-order valence-corrected chi connectivity index (χ4v) is 9.18. The van der Waals surface area contributed by atoms with E-state index in [4.69, 9.17) is 4.74 Å². The van der Waals surface area contributed by atoms with Crippen LogP contribution in [0.5, 0.6) is 11.5 Å². The smallest absolute Gasteiger partial charge is 0.137 e. The van der Waals surface area contributed by atoms with Crippen molar-refractivity contribution in [1.29, 1.82) is 0 Å². The van der Waals surface area contributed by atoms with E-state index < -0.39 is 0 Å². The summed E-state index contributed by atoms with van der Waals surface area (Å²) in [5.74, 6) is 1.68. The second kappa shape index (κ2) is 13.0. The SMILES string of the molecule is CC1(C)c2ccccc2-c2ccc(N(c3ccc(-c4ccccc4)cc3)c3cccc4c3-c3cc(-c5ccc6ccccc6c5)ccc3-c3ccccc3O4)cc21. The number of benzene rings is 9. The van der Waals surface area contributed by atoms with Gasteiger partial charge in [-0.25, -0.2) is 0 Å². The molecule has 0 aromatic heterocycles. The van der Waals surface area contributed by atoms with E-state index in [1.165, 1.54) is 49.7 Å². The summed E-state index contributed by atoms with van der Waals surface area (Å²) in [6.07, 6.45) is 0. The normalized spacial score (nSPS) is 13.0. The van der Waals surface area contributed by atoms with Gasteiger partial charge in [-0.15, -0.1) is 0 Å².